The fourth-order valence-corrected chi connectivity index (χ4v) is 1.30. The van der Waals surface area contributed by atoms with Crippen LogP contribution < -0.4 is 5.32 Å². The molecule has 1 N–H and O–H groups in total. The summed E-state index contributed by atoms with van der Waals surface area (Å²) < 4.78 is 0. The van der Waals surface area contributed by atoms with Gasteiger partial charge in [0.15, 0.2) is 0 Å². The summed E-state index contributed by atoms with van der Waals surface area (Å²) in [7, 11) is 0. The van der Waals surface area contributed by atoms with Crippen molar-refractivity contribution in [2.45, 2.75) is 39.5 Å². The second-order valence-electron chi connectivity index (χ2n) is 3.60. The Hall–Kier alpha value is -0.270. The zero-order chi connectivity index (χ0) is 10.1. The molecule has 0 aromatic carbocycles. The van der Waals surface area contributed by atoms with Gasteiger partial charge in [-0.25, -0.2) is 0 Å². The molecule has 0 heterocycles. The van der Waals surface area contributed by atoms with Crippen LogP contribution in [0.25, 0.3) is 0 Å². The molecule has 0 aromatic rings. The molecule has 1 nitrogen and oxygen atoms in total. The third-order valence-electron chi connectivity index (χ3n) is 1.96. The van der Waals surface area contributed by atoms with Crippen LogP contribution in [0.5, 0.6) is 0 Å². The van der Waals surface area contributed by atoms with Crippen LogP contribution in [-0.4, -0.2) is 13.1 Å². The Morgan fingerprint density at radius 3 is 1.57 bits per heavy atom. The summed E-state index contributed by atoms with van der Waals surface area (Å²) >= 11 is 0. The Morgan fingerprint density at radius 1 is 0.929 bits per heavy atom. The molecule has 0 atom stereocenters. The van der Waals surface area contributed by atoms with E-state index in [4.69, 9.17) is 0 Å². The molecule has 0 spiro atoms. The monoisotopic (exact) mass is 217 g/mol. The molecule has 0 aliphatic heterocycles. The molecule has 0 fully saturated rings. The highest BCUT2D eigenvalue weighted by molar-refractivity contribution is 5.85. The molecule has 0 aliphatic rings. The maximum atomic E-state index is 4.00. The molecule has 0 aromatic heterocycles. The van der Waals surface area contributed by atoms with Crippen molar-refractivity contribution in [2.75, 3.05) is 13.1 Å². The van der Waals surface area contributed by atoms with Crippen LogP contribution in [0.2, 0.25) is 0 Å². The lowest BCUT2D eigenvalue weighted by molar-refractivity contribution is 0.728. The molecule has 0 bridgehead atoms. The van der Waals surface area contributed by atoms with Gasteiger partial charge in [0.2, 0.25) is 0 Å². The minimum Gasteiger partial charge on any atom is -0.309 e. The van der Waals surface area contributed by atoms with Gasteiger partial charge in [-0.05, 0) is 12.8 Å². The molecule has 14 heavy (non-hydrogen) atoms. The lowest BCUT2D eigenvalue weighted by Crippen LogP contribution is -2.19. The second kappa shape index (κ2) is 10.8. The minimum atomic E-state index is 0. The number of halogens is 1. The van der Waals surface area contributed by atoms with Gasteiger partial charge in [0.05, 0.1) is 0 Å². The highest BCUT2D eigenvalue weighted by Gasteiger charge is 1.94. The summed E-state index contributed by atoms with van der Waals surface area (Å²) in [5.41, 5.74) is 2.60. The van der Waals surface area contributed by atoms with Crippen LogP contribution in [0.4, 0.5) is 0 Å². The zero-order valence-corrected chi connectivity index (χ0v) is 10.4. The number of nitrogens with one attached hydrogen (secondary N) is 1. The molecule has 2 heteroatoms. The third-order valence-corrected chi connectivity index (χ3v) is 1.96. The normalized spacial score (nSPS) is 9.29. The summed E-state index contributed by atoms with van der Waals surface area (Å²) in [5.74, 6) is 0. The van der Waals surface area contributed by atoms with Crippen LogP contribution in [0.1, 0.15) is 39.5 Å². The van der Waals surface area contributed by atoms with Gasteiger partial charge in [0, 0.05) is 13.1 Å². The third kappa shape index (κ3) is 9.82. The first-order valence-electron chi connectivity index (χ1n) is 5.24. The van der Waals surface area contributed by atoms with E-state index in [1.807, 2.05) is 0 Å². The van der Waals surface area contributed by atoms with Crippen molar-refractivity contribution >= 4 is 12.4 Å². The van der Waals surface area contributed by atoms with Gasteiger partial charge in [-0.15, -0.1) is 12.4 Å². The van der Waals surface area contributed by atoms with Gasteiger partial charge in [-0.1, -0.05) is 51.0 Å². The van der Waals surface area contributed by atoms with Gasteiger partial charge in [-0.3, -0.25) is 0 Å². The summed E-state index contributed by atoms with van der Waals surface area (Å²) in [6.07, 6.45) is 4.65. The molecular formula is C12H24ClN. The van der Waals surface area contributed by atoms with Crippen molar-refractivity contribution in [3.05, 3.63) is 24.3 Å². The van der Waals surface area contributed by atoms with Crippen LogP contribution in [0.15, 0.2) is 24.3 Å². The Morgan fingerprint density at radius 2 is 1.29 bits per heavy atom. The van der Waals surface area contributed by atoms with Crippen LogP contribution in [0, 0.1) is 0 Å². The molecular weight excluding hydrogens is 194 g/mol. The SMILES string of the molecule is C=C(CCC)CNCC(=C)CCC.Cl. The number of rotatable bonds is 8. The summed E-state index contributed by atoms with van der Waals surface area (Å²) in [6, 6.07) is 0. The largest absolute Gasteiger partial charge is 0.309 e. The minimum absolute atomic E-state index is 0. The quantitative estimate of drug-likeness (QED) is 0.612. The van der Waals surface area contributed by atoms with E-state index < -0.39 is 0 Å². The van der Waals surface area contributed by atoms with Crippen molar-refractivity contribution in [2.24, 2.45) is 0 Å². The average molecular weight is 218 g/mol. The topological polar surface area (TPSA) is 12.0 Å². The van der Waals surface area contributed by atoms with E-state index >= 15 is 0 Å². The highest BCUT2D eigenvalue weighted by Crippen LogP contribution is 2.01. The molecule has 0 rings (SSSR count). The molecule has 0 saturated carbocycles. The van der Waals surface area contributed by atoms with Crippen LogP contribution in [0.3, 0.4) is 0 Å². The number of hydrogen-bond donors (Lipinski definition) is 1. The van der Waals surface area contributed by atoms with E-state index in [0.717, 1.165) is 25.9 Å². The van der Waals surface area contributed by atoms with Gasteiger partial charge < -0.3 is 5.32 Å². The summed E-state index contributed by atoms with van der Waals surface area (Å²) in [4.78, 5) is 0. The molecule has 84 valence electrons. The van der Waals surface area contributed by atoms with Crippen LogP contribution in [-0.2, 0) is 0 Å². The van der Waals surface area contributed by atoms with E-state index in [1.54, 1.807) is 0 Å². The Labute approximate surface area is 95.1 Å². The molecule has 0 amide bonds. The smallest absolute Gasteiger partial charge is 0.0164 e. The fraction of sp³-hybridized carbons (Fsp3) is 0.667. The van der Waals surface area contributed by atoms with E-state index in [2.05, 4.69) is 32.3 Å². The maximum absolute atomic E-state index is 4.00. The Bertz CT molecular complexity index is 146. The van der Waals surface area contributed by atoms with E-state index in [9.17, 15) is 0 Å². The summed E-state index contributed by atoms with van der Waals surface area (Å²) in [6.45, 7) is 14.2. The predicted molar refractivity (Wildman–Crippen MR) is 68.2 cm³/mol. The maximum Gasteiger partial charge on any atom is 0.0164 e. The zero-order valence-electron chi connectivity index (χ0n) is 9.57. The van der Waals surface area contributed by atoms with Crippen molar-refractivity contribution in [3.63, 3.8) is 0 Å². The van der Waals surface area contributed by atoms with Crippen molar-refractivity contribution in [1.82, 2.24) is 5.32 Å². The Balaban J connectivity index is 0. The molecule has 0 aliphatic carbocycles. The van der Waals surface area contributed by atoms with E-state index in [-0.39, 0.29) is 12.4 Å². The first kappa shape index (κ1) is 16.2. The Kier molecular flexibility index (Phi) is 12.5. The predicted octanol–water partition coefficient (Wildman–Crippen LogP) is 3.71. The van der Waals surface area contributed by atoms with Gasteiger partial charge >= 0.3 is 0 Å². The average Bonchev–Trinajstić information content (AvgIpc) is 2.05. The lowest BCUT2D eigenvalue weighted by Gasteiger charge is -2.08. The molecule has 0 unspecified atom stereocenters. The van der Waals surface area contributed by atoms with Crippen molar-refractivity contribution in [1.29, 1.82) is 0 Å². The first-order valence-corrected chi connectivity index (χ1v) is 5.24. The lowest BCUT2D eigenvalue weighted by atomic mass is 10.1. The molecule has 0 saturated heterocycles. The van der Waals surface area contributed by atoms with E-state index in [1.165, 1.54) is 24.0 Å². The van der Waals surface area contributed by atoms with E-state index in [0.29, 0.717) is 0 Å². The first-order chi connectivity index (χ1) is 6.20. The molecule has 0 radical (unpaired) electrons. The van der Waals surface area contributed by atoms with Gasteiger partial charge in [-0.2, -0.15) is 0 Å². The van der Waals surface area contributed by atoms with Crippen molar-refractivity contribution < 1.29 is 0 Å². The fourth-order valence-electron chi connectivity index (χ4n) is 1.30. The standard InChI is InChI=1S/C12H23N.ClH/c1-5-7-11(3)9-13-10-12(4)8-6-2;/h13H,3-10H2,1-2H3;1H. The van der Waals surface area contributed by atoms with Gasteiger partial charge in [0.1, 0.15) is 0 Å². The van der Waals surface area contributed by atoms with Crippen molar-refractivity contribution in [3.8, 4) is 0 Å². The highest BCUT2D eigenvalue weighted by atomic mass is 35.5. The number of hydrogen-bond acceptors (Lipinski definition) is 1. The van der Waals surface area contributed by atoms with Gasteiger partial charge in [0.25, 0.3) is 0 Å². The second-order valence-corrected chi connectivity index (χ2v) is 3.60. The van der Waals surface area contributed by atoms with Crippen LogP contribution >= 0.6 is 12.4 Å². The summed E-state index contributed by atoms with van der Waals surface area (Å²) in [5, 5.41) is 3.36.